The molecule has 1 rings (SSSR count). The minimum Gasteiger partial charge on any atom is -0.370 e. The van der Waals surface area contributed by atoms with Gasteiger partial charge in [-0.1, -0.05) is 6.92 Å². The van der Waals surface area contributed by atoms with Gasteiger partial charge >= 0.3 is 0 Å². The fourth-order valence-corrected chi connectivity index (χ4v) is 1.67. The Bertz CT molecular complexity index is 366. The van der Waals surface area contributed by atoms with Gasteiger partial charge in [0.2, 0.25) is 5.95 Å². The summed E-state index contributed by atoms with van der Waals surface area (Å²) in [4.78, 5) is 10.5. The van der Waals surface area contributed by atoms with Crippen LogP contribution in [0.15, 0.2) is 6.07 Å². The maximum Gasteiger partial charge on any atom is 0.223 e. The van der Waals surface area contributed by atoms with Crippen molar-refractivity contribution in [3.05, 3.63) is 6.07 Å². The highest BCUT2D eigenvalue weighted by molar-refractivity contribution is 5.50. The predicted molar refractivity (Wildman–Crippen MR) is 81.5 cm³/mol. The molecule has 0 aromatic carbocycles. The van der Waals surface area contributed by atoms with Crippen molar-refractivity contribution in [2.45, 2.75) is 26.2 Å². The molecule has 0 aliphatic heterocycles. The molecule has 0 bridgehead atoms. The zero-order chi connectivity index (χ0) is 14.1. The maximum atomic E-state index is 5.69. The Balaban J connectivity index is 2.38. The molecule has 19 heavy (non-hydrogen) atoms. The Morgan fingerprint density at radius 2 is 1.74 bits per heavy atom. The van der Waals surface area contributed by atoms with E-state index >= 15 is 0 Å². The van der Waals surface area contributed by atoms with Gasteiger partial charge < -0.3 is 21.3 Å². The van der Waals surface area contributed by atoms with E-state index < -0.39 is 0 Å². The van der Waals surface area contributed by atoms with E-state index in [-0.39, 0.29) is 0 Å². The Kier molecular flexibility index (Phi) is 6.95. The molecular weight excluding hydrogens is 240 g/mol. The Morgan fingerprint density at radius 1 is 1.11 bits per heavy atom. The lowest BCUT2D eigenvalue weighted by molar-refractivity contribution is 0.396. The van der Waals surface area contributed by atoms with Gasteiger partial charge in [-0.2, -0.15) is 9.97 Å². The summed E-state index contributed by atoms with van der Waals surface area (Å²) in [5.74, 6) is 1.87. The van der Waals surface area contributed by atoms with Crippen molar-refractivity contribution in [3.63, 3.8) is 0 Å². The second-order valence-corrected chi connectivity index (χ2v) is 4.86. The zero-order valence-corrected chi connectivity index (χ0v) is 12.2. The molecule has 1 heterocycles. The number of hydrogen-bond donors (Lipinski definition) is 3. The van der Waals surface area contributed by atoms with E-state index in [0.717, 1.165) is 44.1 Å². The van der Waals surface area contributed by atoms with Crippen molar-refractivity contribution < 1.29 is 0 Å². The second kappa shape index (κ2) is 8.53. The highest BCUT2D eigenvalue weighted by atomic mass is 15.1. The van der Waals surface area contributed by atoms with Crippen molar-refractivity contribution in [3.8, 4) is 0 Å². The number of rotatable bonds is 9. The summed E-state index contributed by atoms with van der Waals surface area (Å²) in [6.07, 6.45) is 3.33. The monoisotopic (exact) mass is 266 g/mol. The summed E-state index contributed by atoms with van der Waals surface area (Å²) in [6.45, 7) is 5.01. The first-order valence-corrected chi connectivity index (χ1v) is 6.89. The lowest BCUT2D eigenvalue weighted by atomic mass is 10.3. The highest BCUT2D eigenvalue weighted by Crippen LogP contribution is 2.12. The number of hydrogen-bond acceptors (Lipinski definition) is 6. The summed E-state index contributed by atoms with van der Waals surface area (Å²) in [6, 6.07) is 1.90. The lowest BCUT2D eigenvalue weighted by Crippen LogP contribution is -2.14. The summed E-state index contributed by atoms with van der Waals surface area (Å²) >= 11 is 0. The van der Waals surface area contributed by atoms with Crippen molar-refractivity contribution >= 4 is 17.6 Å². The summed E-state index contributed by atoms with van der Waals surface area (Å²) in [7, 11) is 4.18. The average molecular weight is 266 g/mol. The lowest BCUT2D eigenvalue weighted by Gasteiger charge is -2.11. The van der Waals surface area contributed by atoms with Gasteiger partial charge in [-0.3, -0.25) is 0 Å². The molecule has 0 saturated carbocycles. The first-order chi connectivity index (χ1) is 9.11. The normalized spacial score (nSPS) is 10.7. The van der Waals surface area contributed by atoms with E-state index in [4.69, 9.17) is 5.73 Å². The van der Waals surface area contributed by atoms with Gasteiger partial charge in [0.25, 0.3) is 0 Å². The summed E-state index contributed by atoms with van der Waals surface area (Å²) in [5.41, 5.74) is 5.69. The van der Waals surface area contributed by atoms with Crippen LogP contribution in [0, 0.1) is 0 Å². The third-order valence-electron chi connectivity index (χ3n) is 2.64. The van der Waals surface area contributed by atoms with Gasteiger partial charge in [0.15, 0.2) is 0 Å². The van der Waals surface area contributed by atoms with Gasteiger partial charge in [0.05, 0.1) is 0 Å². The molecule has 0 aliphatic rings. The largest absolute Gasteiger partial charge is 0.370 e. The Labute approximate surface area is 115 Å². The number of anilines is 3. The molecule has 0 fully saturated rings. The predicted octanol–water partition coefficient (Wildman–Crippen LogP) is 1.63. The topological polar surface area (TPSA) is 79.1 Å². The number of nitrogen functional groups attached to an aromatic ring is 1. The fraction of sp³-hybridized carbons (Fsp3) is 0.692. The molecule has 0 atom stereocenters. The molecule has 0 spiro atoms. The van der Waals surface area contributed by atoms with Gasteiger partial charge in [0.1, 0.15) is 11.6 Å². The number of aromatic nitrogens is 2. The van der Waals surface area contributed by atoms with Crippen LogP contribution in [0.3, 0.4) is 0 Å². The molecule has 0 radical (unpaired) electrons. The van der Waals surface area contributed by atoms with Crippen LogP contribution in [-0.2, 0) is 0 Å². The molecule has 6 heteroatoms. The van der Waals surface area contributed by atoms with Crippen molar-refractivity contribution in [2.75, 3.05) is 50.1 Å². The molecular formula is C13H26N6. The minimum absolute atomic E-state index is 0.303. The molecule has 0 unspecified atom stereocenters. The van der Waals surface area contributed by atoms with Gasteiger partial charge in [-0.05, 0) is 39.9 Å². The molecule has 0 amide bonds. The van der Waals surface area contributed by atoms with Gasteiger partial charge in [0, 0.05) is 19.2 Å². The minimum atomic E-state index is 0.303. The van der Waals surface area contributed by atoms with Crippen molar-refractivity contribution in [1.82, 2.24) is 14.9 Å². The second-order valence-electron chi connectivity index (χ2n) is 4.86. The van der Waals surface area contributed by atoms with E-state index in [1.54, 1.807) is 0 Å². The Hall–Kier alpha value is -1.56. The van der Waals surface area contributed by atoms with Crippen LogP contribution in [0.25, 0.3) is 0 Å². The van der Waals surface area contributed by atoms with Crippen LogP contribution in [0.4, 0.5) is 17.6 Å². The molecule has 0 aliphatic carbocycles. The summed E-state index contributed by atoms with van der Waals surface area (Å²) < 4.78 is 0. The van der Waals surface area contributed by atoms with E-state index in [0.29, 0.717) is 5.95 Å². The molecule has 108 valence electrons. The van der Waals surface area contributed by atoms with Crippen LogP contribution in [-0.4, -0.2) is 48.6 Å². The number of unbranched alkanes of at least 4 members (excludes halogenated alkanes) is 1. The number of nitrogens with one attached hydrogen (secondary N) is 2. The fourth-order valence-electron chi connectivity index (χ4n) is 1.67. The quantitative estimate of drug-likeness (QED) is 0.590. The van der Waals surface area contributed by atoms with Crippen LogP contribution in [0.2, 0.25) is 0 Å². The molecule has 0 saturated heterocycles. The summed E-state index contributed by atoms with van der Waals surface area (Å²) in [5, 5.41) is 6.50. The molecule has 4 N–H and O–H groups in total. The smallest absolute Gasteiger partial charge is 0.223 e. The van der Waals surface area contributed by atoms with Crippen LogP contribution >= 0.6 is 0 Å². The zero-order valence-electron chi connectivity index (χ0n) is 12.2. The third-order valence-corrected chi connectivity index (χ3v) is 2.64. The van der Waals surface area contributed by atoms with Gasteiger partial charge in [-0.25, -0.2) is 0 Å². The van der Waals surface area contributed by atoms with Crippen LogP contribution < -0.4 is 16.4 Å². The molecule has 6 nitrogen and oxygen atoms in total. The third kappa shape index (κ3) is 6.81. The Morgan fingerprint density at radius 3 is 2.32 bits per heavy atom. The van der Waals surface area contributed by atoms with E-state index in [1.165, 1.54) is 6.42 Å². The van der Waals surface area contributed by atoms with Crippen molar-refractivity contribution in [2.24, 2.45) is 0 Å². The standard InChI is InChI=1S/C13H26N6/c1-4-7-15-11-10-12(18-13(14)17-11)16-8-5-6-9-19(2)3/h10H,4-9H2,1-3H3,(H4,14,15,16,17,18). The SMILES string of the molecule is CCCNc1cc(NCCCCN(C)C)nc(N)n1. The number of nitrogens with two attached hydrogens (primary N) is 1. The molecule has 1 aromatic rings. The average Bonchev–Trinajstić information content (AvgIpc) is 2.35. The van der Waals surface area contributed by atoms with Crippen LogP contribution in [0.5, 0.6) is 0 Å². The highest BCUT2D eigenvalue weighted by Gasteiger charge is 2.01. The van der Waals surface area contributed by atoms with Gasteiger partial charge in [-0.15, -0.1) is 0 Å². The maximum absolute atomic E-state index is 5.69. The molecule has 1 aromatic heterocycles. The first kappa shape index (κ1) is 15.5. The number of nitrogens with zero attached hydrogens (tertiary/aromatic N) is 3. The van der Waals surface area contributed by atoms with E-state index in [1.807, 2.05) is 6.07 Å². The van der Waals surface area contributed by atoms with Crippen LogP contribution in [0.1, 0.15) is 26.2 Å². The van der Waals surface area contributed by atoms with E-state index in [2.05, 4.69) is 46.5 Å². The van der Waals surface area contributed by atoms with Crippen molar-refractivity contribution in [1.29, 1.82) is 0 Å². The first-order valence-electron chi connectivity index (χ1n) is 6.89. The van der Waals surface area contributed by atoms with E-state index in [9.17, 15) is 0 Å².